The van der Waals surface area contributed by atoms with Crippen LogP contribution in [-0.2, 0) is 28.4 Å². The number of sulfonamides is 1. The number of aryl methyl sites for hydroxylation is 1. The highest BCUT2D eigenvalue weighted by Crippen LogP contribution is 2.21. The van der Waals surface area contributed by atoms with Crippen LogP contribution in [0.5, 0.6) is 0 Å². The summed E-state index contributed by atoms with van der Waals surface area (Å²) in [5.41, 5.74) is 0.758. The number of nitro groups is 1. The summed E-state index contributed by atoms with van der Waals surface area (Å²) in [4.78, 5) is 25.2. The molecule has 0 bridgehead atoms. The van der Waals surface area contributed by atoms with Gasteiger partial charge in [0.25, 0.3) is 5.69 Å². The van der Waals surface area contributed by atoms with E-state index in [1.165, 1.54) is 16.4 Å². The topological polar surface area (TPSA) is 106 Å². The van der Waals surface area contributed by atoms with Crippen LogP contribution in [0.1, 0.15) is 33.4 Å². The predicted molar refractivity (Wildman–Crippen MR) is 122 cm³/mol. The van der Waals surface area contributed by atoms with E-state index in [1.54, 1.807) is 4.90 Å². The van der Waals surface area contributed by atoms with Gasteiger partial charge in [0.2, 0.25) is 15.9 Å². The van der Waals surface area contributed by atoms with E-state index in [-0.39, 0.29) is 41.4 Å². The van der Waals surface area contributed by atoms with Gasteiger partial charge in [-0.25, -0.2) is 8.42 Å². The zero-order valence-electron chi connectivity index (χ0n) is 19.3. The van der Waals surface area contributed by atoms with Gasteiger partial charge in [-0.15, -0.1) is 0 Å². The van der Waals surface area contributed by atoms with E-state index in [0.717, 1.165) is 17.8 Å². The second kappa shape index (κ2) is 10.7. The van der Waals surface area contributed by atoms with Crippen LogP contribution in [0, 0.1) is 22.0 Å². The van der Waals surface area contributed by atoms with Gasteiger partial charge < -0.3 is 9.47 Å². The minimum atomic E-state index is -4.01. The monoisotopic (exact) mass is 464 g/mol. The Morgan fingerprint density at radius 3 is 2.12 bits per heavy atom. The van der Waals surface area contributed by atoms with Crippen LogP contribution < -0.4 is 0 Å². The summed E-state index contributed by atoms with van der Waals surface area (Å²) in [6.45, 7) is 8.50. The van der Waals surface area contributed by atoms with Crippen molar-refractivity contribution in [2.45, 2.75) is 39.1 Å². The van der Waals surface area contributed by atoms with Gasteiger partial charge >= 0.3 is 0 Å². The van der Waals surface area contributed by atoms with Crippen molar-refractivity contribution in [3.63, 3.8) is 0 Å². The van der Waals surface area contributed by atoms with E-state index in [4.69, 9.17) is 0 Å². The fraction of sp³-hybridized carbons (Fsp3) is 0.500. The van der Waals surface area contributed by atoms with Crippen LogP contribution in [-0.4, -0.2) is 52.7 Å². The van der Waals surface area contributed by atoms with Crippen molar-refractivity contribution in [3.8, 4) is 0 Å². The van der Waals surface area contributed by atoms with Crippen molar-refractivity contribution in [2.75, 3.05) is 19.6 Å². The average Bonchev–Trinajstić information content (AvgIpc) is 3.10. The van der Waals surface area contributed by atoms with Crippen molar-refractivity contribution >= 4 is 21.6 Å². The summed E-state index contributed by atoms with van der Waals surface area (Å²) < 4.78 is 29.7. The lowest BCUT2D eigenvalue weighted by atomic mass is 10.2. The summed E-state index contributed by atoms with van der Waals surface area (Å²) in [6, 6.07) is 8.56. The first-order valence-corrected chi connectivity index (χ1v) is 12.0. The molecule has 1 aromatic heterocycles. The molecule has 1 heterocycles. The van der Waals surface area contributed by atoms with E-state index in [1.807, 2.05) is 57.6 Å². The molecule has 10 heteroatoms. The van der Waals surface area contributed by atoms with Crippen LogP contribution in [0.15, 0.2) is 47.5 Å². The van der Waals surface area contributed by atoms with Crippen molar-refractivity contribution in [3.05, 3.63) is 58.4 Å². The molecule has 0 aliphatic rings. The molecular formula is C22H32N4O5S. The third-order valence-electron chi connectivity index (χ3n) is 4.91. The molecule has 0 fully saturated rings. The van der Waals surface area contributed by atoms with Gasteiger partial charge in [0.15, 0.2) is 0 Å². The summed E-state index contributed by atoms with van der Waals surface area (Å²) in [5.74, 6) is -0.0860. The van der Waals surface area contributed by atoms with E-state index in [0.29, 0.717) is 13.1 Å². The Morgan fingerprint density at radius 2 is 1.66 bits per heavy atom. The van der Waals surface area contributed by atoms with E-state index in [2.05, 4.69) is 0 Å². The molecule has 2 rings (SSSR count). The third-order valence-corrected chi connectivity index (χ3v) is 6.73. The Kier molecular flexibility index (Phi) is 8.57. The van der Waals surface area contributed by atoms with Gasteiger partial charge in [-0.05, 0) is 36.1 Å². The highest BCUT2D eigenvalue weighted by atomic mass is 32.2. The molecule has 0 atom stereocenters. The van der Waals surface area contributed by atoms with Gasteiger partial charge in [-0.2, -0.15) is 4.31 Å². The van der Waals surface area contributed by atoms with E-state index >= 15 is 0 Å². The first kappa shape index (κ1) is 25.5. The second-order valence-corrected chi connectivity index (χ2v) is 10.7. The van der Waals surface area contributed by atoms with Gasteiger partial charge in [-0.1, -0.05) is 27.7 Å². The molecule has 0 spiro atoms. The van der Waals surface area contributed by atoms with Crippen molar-refractivity contribution in [1.82, 2.24) is 13.8 Å². The fourth-order valence-electron chi connectivity index (χ4n) is 3.35. The Labute approximate surface area is 189 Å². The number of rotatable bonds is 11. The molecule has 0 saturated heterocycles. The number of benzene rings is 1. The fourth-order valence-corrected chi connectivity index (χ4v) is 4.90. The number of non-ortho nitro benzene ring substituents is 1. The SMILES string of the molecule is CC(C)CN(Cc1cccn1C)C(=O)CN(CC(C)C)S(=O)(=O)c1ccc([N+](=O)[O-])cc1. The number of carbonyl (C=O) groups is 1. The smallest absolute Gasteiger partial charge is 0.269 e. The zero-order valence-corrected chi connectivity index (χ0v) is 20.1. The van der Waals surface area contributed by atoms with Crippen LogP contribution in [0.25, 0.3) is 0 Å². The first-order chi connectivity index (χ1) is 14.9. The quantitative estimate of drug-likeness (QED) is 0.375. The molecular weight excluding hydrogens is 432 g/mol. The number of amides is 1. The van der Waals surface area contributed by atoms with Crippen LogP contribution in [0.4, 0.5) is 5.69 Å². The van der Waals surface area contributed by atoms with Gasteiger partial charge in [0.1, 0.15) is 0 Å². The minimum Gasteiger partial charge on any atom is -0.353 e. The predicted octanol–water partition coefficient (Wildman–Crippen LogP) is 3.26. The lowest BCUT2D eigenvalue weighted by Gasteiger charge is -2.29. The molecule has 176 valence electrons. The molecule has 9 nitrogen and oxygen atoms in total. The number of hydrogen-bond donors (Lipinski definition) is 0. The molecule has 2 aromatic rings. The van der Waals surface area contributed by atoms with Crippen LogP contribution in [0.3, 0.4) is 0 Å². The largest absolute Gasteiger partial charge is 0.353 e. The Bertz CT molecular complexity index is 1030. The molecule has 0 aliphatic carbocycles. The van der Waals surface area contributed by atoms with E-state index < -0.39 is 14.9 Å². The number of nitrogens with zero attached hydrogens (tertiary/aromatic N) is 4. The summed E-state index contributed by atoms with van der Waals surface area (Å²) in [7, 11) is -2.11. The van der Waals surface area contributed by atoms with Gasteiger partial charge in [0.05, 0.1) is 22.9 Å². The third kappa shape index (κ3) is 6.64. The second-order valence-electron chi connectivity index (χ2n) is 8.72. The summed E-state index contributed by atoms with van der Waals surface area (Å²) in [6.07, 6.45) is 1.90. The summed E-state index contributed by atoms with van der Waals surface area (Å²) >= 11 is 0. The Balaban J connectivity index is 2.31. The number of carbonyl (C=O) groups excluding carboxylic acids is 1. The molecule has 32 heavy (non-hydrogen) atoms. The number of aromatic nitrogens is 1. The molecule has 1 amide bonds. The van der Waals surface area contributed by atoms with Crippen molar-refractivity contribution in [1.29, 1.82) is 0 Å². The minimum absolute atomic E-state index is 0.0120. The van der Waals surface area contributed by atoms with Crippen LogP contribution in [0.2, 0.25) is 0 Å². The maximum Gasteiger partial charge on any atom is 0.269 e. The summed E-state index contributed by atoms with van der Waals surface area (Å²) in [5, 5.41) is 10.9. The normalized spacial score (nSPS) is 12.0. The highest BCUT2D eigenvalue weighted by molar-refractivity contribution is 7.89. The molecule has 1 aromatic carbocycles. The molecule has 0 N–H and O–H groups in total. The van der Waals surface area contributed by atoms with Crippen LogP contribution >= 0.6 is 0 Å². The Morgan fingerprint density at radius 1 is 1.06 bits per heavy atom. The molecule has 0 unspecified atom stereocenters. The maximum absolute atomic E-state index is 13.3. The first-order valence-electron chi connectivity index (χ1n) is 10.5. The average molecular weight is 465 g/mol. The lowest BCUT2D eigenvalue weighted by molar-refractivity contribution is -0.384. The van der Waals surface area contributed by atoms with Gasteiger partial charge in [0, 0.05) is 44.2 Å². The van der Waals surface area contributed by atoms with Crippen molar-refractivity contribution in [2.24, 2.45) is 18.9 Å². The maximum atomic E-state index is 13.3. The number of hydrogen-bond acceptors (Lipinski definition) is 5. The molecule has 0 saturated carbocycles. The highest BCUT2D eigenvalue weighted by Gasteiger charge is 2.30. The zero-order chi connectivity index (χ0) is 24.1. The molecule has 0 radical (unpaired) electrons. The van der Waals surface area contributed by atoms with E-state index in [9.17, 15) is 23.3 Å². The lowest BCUT2D eigenvalue weighted by Crippen LogP contribution is -2.45. The Hall–Kier alpha value is -2.72. The van der Waals surface area contributed by atoms with Gasteiger partial charge in [-0.3, -0.25) is 14.9 Å². The molecule has 0 aliphatic heterocycles. The van der Waals surface area contributed by atoms with Crippen molar-refractivity contribution < 1.29 is 18.1 Å². The standard InChI is InChI=1S/C22H32N4O5S/c1-17(2)13-24(15-20-7-6-12-23(20)5)22(27)16-25(14-18(3)4)32(30,31)21-10-8-19(9-11-21)26(28)29/h6-12,17-18H,13-16H2,1-5H3. The number of nitro benzene ring substituents is 1.